The van der Waals surface area contributed by atoms with Crippen LogP contribution in [0, 0.1) is 6.92 Å². The van der Waals surface area contributed by atoms with Gasteiger partial charge in [0.1, 0.15) is 10.8 Å². The first-order valence-corrected chi connectivity index (χ1v) is 6.90. The summed E-state index contributed by atoms with van der Waals surface area (Å²) in [6, 6.07) is 8.39. The van der Waals surface area contributed by atoms with Crippen molar-refractivity contribution >= 4 is 17.6 Å². The molecule has 2 rings (SSSR count). The second-order valence-corrected chi connectivity index (χ2v) is 5.18. The number of nitrogens with one attached hydrogen (secondary N) is 1. The van der Waals surface area contributed by atoms with Crippen molar-refractivity contribution < 1.29 is 0 Å². The Labute approximate surface area is 112 Å². The zero-order valence-electron chi connectivity index (χ0n) is 10.7. The number of aromatic nitrogens is 2. The zero-order chi connectivity index (χ0) is 12.8. The molecule has 0 aliphatic rings. The molecule has 1 aromatic carbocycles. The average molecular weight is 259 g/mol. The second kappa shape index (κ2) is 6.40. The number of rotatable bonds is 5. The topological polar surface area (TPSA) is 37.8 Å². The van der Waals surface area contributed by atoms with Crippen LogP contribution in [0.5, 0.6) is 0 Å². The van der Waals surface area contributed by atoms with Crippen LogP contribution in [0.3, 0.4) is 0 Å². The predicted octanol–water partition coefficient (Wildman–Crippen LogP) is 3.76. The number of nitrogens with zero attached hydrogens (tertiary/aromatic N) is 2. The summed E-state index contributed by atoms with van der Waals surface area (Å²) in [6.45, 7) is 5.15. The maximum absolute atomic E-state index is 4.52. The van der Waals surface area contributed by atoms with Crippen LogP contribution in [0.25, 0.3) is 0 Å². The van der Waals surface area contributed by atoms with Gasteiger partial charge < -0.3 is 5.32 Å². The largest absolute Gasteiger partial charge is 0.369 e. The molecule has 0 aliphatic heterocycles. The van der Waals surface area contributed by atoms with Gasteiger partial charge in [-0.2, -0.15) is 0 Å². The molecule has 0 unspecified atom stereocenters. The van der Waals surface area contributed by atoms with E-state index in [0.29, 0.717) is 0 Å². The van der Waals surface area contributed by atoms with E-state index in [1.165, 1.54) is 10.5 Å². The number of hydrogen-bond acceptors (Lipinski definition) is 4. The maximum Gasteiger partial charge on any atom is 0.145 e. The molecule has 4 heteroatoms. The summed E-state index contributed by atoms with van der Waals surface area (Å²) in [4.78, 5) is 9.93. The van der Waals surface area contributed by atoms with Crippen LogP contribution in [0.1, 0.15) is 18.9 Å². The van der Waals surface area contributed by atoms with Gasteiger partial charge in [-0.15, -0.1) is 0 Å². The molecule has 1 N–H and O–H groups in total. The van der Waals surface area contributed by atoms with E-state index >= 15 is 0 Å². The number of anilines is 1. The molecular weight excluding hydrogens is 242 g/mol. The minimum Gasteiger partial charge on any atom is -0.369 e. The molecule has 94 valence electrons. The van der Waals surface area contributed by atoms with E-state index in [1.807, 2.05) is 0 Å². The third-order valence-electron chi connectivity index (χ3n) is 2.38. The van der Waals surface area contributed by atoms with Gasteiger partial charge in [0.25, 0.3) is 0 Å². The lowest BCUT2D eigenvalue weighted by Crippen LogP contribution is -2.02. The summed E-state index contributed by atoms with van der Waals surface area (Å²) in [6.07, 6.45) is 4.64. The molecule has 0 atom stereocenters. The van der Waals surface area contributed by atoms with Crippen molar-refractivity contribution in [3.63, 3.8) is 0 Å². The molecule has 0 aliphatic carbocycles. The van der Waals surface area contributed by atoms with E-state index in [2.05, 4.69) is 53.4 Å². The smallest absolute Gasteiger partial charge is 0.145 e. The summed E-state index contributed by atoms with van der Waals surface area (Å²) in [7, 11) is 0. The molecule has 2 aromatic rings. The second-order valence-electron chi connectivity index (χ2n) is 4.09. The summed E-state index contributed by atoms with van der Waals surface area (Å²) in [5.41, 5.74) is 1.26. The summed E-state index contributed by atoms with van der Waals surface area (Å²) >= 11 is 1.64. The van der Waals surface area contributed by atoms with Crippen LogP contribution in [0.15, 0.2) is 46.6 Å². The van der Waals surface area contributed by atoms with E-state index in [4.69, 9.17) is 0 Å². The highest BCUT2D eigenvalue weighted by Gasteiger charge is 2.01. The Morgan fingerprint density at radius 1 is 1.28 bits per heavy atom. The summed E-state index contributed by atoms with van der Waals surface area (Å²) in [5.74, 6) is 0.842. The fourth-order valence-corrected chi connectivity index (χ4v) is 2.43. The monoisotopic (exact) mass is 259 g/mol. The Morgan fingerprint density at radius 3 is 2.94 bits per heavy atom. The standard InChI is InChI=1S/C14H17N3S/c1-3-7-16-13-9-15-10-14(17-13)18-12-6-4-5-11(2)8-12/h4-6,8-10H,3,7H2,1-2H3,(H,16,17). The number of aryl methyl sites for hydroxylation is 1. The van der Waals surface area contributed by atoms with Crippen LogP contribution in [-0.4, -0.2) is 16.5 Å². The number of benzene rings is 1. The molecule has 0 bridgehead atoms. The van der Waals surface area contributed by atoms with Crippen molar-refractivity contribution in [1.82, 2.24) is 9.97 Å². The minimum atomic E-state index is 0.842. The SMILES string of the molecule is CCCNc1cncc(Sc2cccc(C)c2)n1. The normalized spacial score (nSPS) is 10.3. The first-order chi connectivity index (χ1) is 8.78. The van der Waals surface area contributed by atoms with Crippen molar-refractivity contribution in [1.29, 1.82) is 0 Å². The molecule has 0 fully saturated rings. The zero-order valence-corrected chi connectivity index (χ0v) is 11.5. The van der Waals surface area contributed by atoms with Crippen LogP contribution in [0.2, 0.25) is 0 Å². The van der Waals surface area contributed by atoms with E-state index in [-0.39, 0.29) is 0 Å². The molecule has 1 heterocycles. The van der Waals surface area contributed by atoms with Crippen molar-refractivity contribution in [2.24, 2.45) is 0 Å². The highest BCUT2D eigenvalue weighted by atomic mass is 32.2. The van der Waals surface area contributed by atoms with E-state index < -0.39 is 0 Å². The first-order valence-electron chi connectivity index (χ1n) is 6.08. The van der Waals surface area contributed by atoms with Crippen LogP contribution in [-0.2, 0) is 0 Å². The maximum atomic E-state index is 4.52. The molecule has 1 aromatic heterocycles. The van der Waals surface area contributed by atoms with Gasteiger partial charge in [-0.1, -0.05) is 36.4 Å². The number of hydrogen-bond donors (Lipinski definition) is 1. The average Bonchev–Trinajstić information content (AvgIpc) is 2.37. The van der Waals surface area contributed by atoms with Gasteiger partial charge >= 0.3 is 0 Å². The molecule has 0 spiro atoms. The fourth-order valence-electron chi connectivity index (χ4n) is 1.54. The van der Waals surface area contributed by atoms with Crippen molar-refractivity contribution in [3.05, 3.63) is 42.2 Å². The molecular formula is C14H17N3S. The van der Waals surface area contributed by atoms with Gasteiger partial charge in [0.2, 0.25) is 0 Å². The lowest BCUT2D eigenvalue weighted by Gasteiger charge is -2.05. The quantitative estimate of drug-likeness (QED) is 0.887. The first kappa shape index (κ1) is 12.9. The molecule has 0 radical (unpaired) electrons. The minimum absolute atomic E-state index is 0.842. The summed E-state index contributed by atoms with van der Waals surface area (Å²) < 4.78 is 0. The molecule has 3 nitrogen and oxygen atoms in total. The molecule has 0 saturated carbocycles. The Kier molecular flexibility index (Phi) is 4.59. The van der Waals surface area contributed by atoms with Gasteiger partial charge in [-0.25, -0.2) is 4.98 Å². The highest BCUT2D eigenvalue weighted by Crippen LogP contribution is 2.26. The van der Waals surface area contributed by atoms with E-state index in [0.717, 1.165) is 23.8 Å². The molecule has 18 heavy (non-hydrogen) atoms. The Balaban J connectivity index is 2.09. The van der Waals surface area contributed by atoms with Gasteiger partial charge in [0, 0.05) is 11.4 Å². The van der Waals surface area contributed by atoms with Crippen LogP contribution < -0.4 is 5.32 Å². The summed E-state index contributed by atoms with van der Waals surface area (Å²) in [5, 5.41) is 4.16. The fraction of sp³-hybridized carbons (Fsp3) is 0.286. The molecule has 0 saturated heterocycles. The van der Waals surface area contributed by atoms with Gasteiger partial charge in [0.15, 0.2) is 0 Å². The third kappa shape index (κ3) is 3.74. The third-order valence-corrected chi connectivity index (χ3v) is 3.28. The lowest BCUT2D eigenvalue weighted by atomic mass is 10.2. The van der Waals surface area contributed by atoms with Gasteiger partial charge in [0.05, 0.1) is 12.4 Å². The highest BCUT2D eigenvalue weighted by molar-refractivity contribution is 7.99. The van der Waals surface area contributed by atoms with Gasteiger partial charge in [-0.3, -0.25) is 4.98 Å². The van der Waals surface area contributed by atoms with Gasteiger partial charge in [-0.05, 0) is 25.5 Å². The molecule has 0 amide bonds. The van der Waals surface area contributed by atoms with Crippen LogP contribution in [0.4, 0.5) is 5.82 Å². The lowest BCUT2D eigenvalue weighted by molar-refractivity contribution is 0.948. The Bertz CT molecular complexity index is 514. The van der Waals surface area contributed by atoms with E-state index in [9.17, 15) is 0 Å². The van der Waals surface area contributed by atoms with E-state index in [1.54, 1.807) is 24.2 Å². The Hall–Kier alpha value is -1.55. The van der Waals surface area contributed by atoms with Crippen molar-refractivity contribution in [3.8, 4) is 0 Å². The van der Waals surface area contributed by atoms with Crippen molar-refractivity contribution in [2.75, 3.05) is 11.9 Å². The predicted molar refractivity (Wildman–Crippen MR) is 76.1 cm³/mol. The van der Waals surface area contributed by atoms with Crippen molar-refractivity contribution in [2.45, 2.75) is 30.2 Å². The van der Waals surface area contributed by atoms with Crippen LogP contribution >= 0.6 is 11.8 Å². The Morgan fingerprint density at radius 2 is 2.17 bits per heavy atom.